The van der Waals surface area contributed by atoms with Gasteiger partial charge in [0.2, 0.25) is 0 Å². The molecule has 0 fully saturated rings. The van der Waals surface area contributed by atoms with Crippen molar-refractivity contribution in [3.05, 3.63) is 84.4 Å². The molecule has 0 bridgehead atoms. The van der Waals surface area contributed by atoms with Crippen LogP contribution in [0, 0.1) is 6.92 Å². The second-order valence-corrected chi connectivity index (χ2v) is 7.48. The standard InChI is InChI=1S/C24H22BN2O/c1-17-15-23(26(3)16-20(17)18-9-5-4-6-10-18)27-14-13-22-24(25(27)2)19-11-7-8-12-21(19)28-22/h4-16H,1-3H3/q+1. The highest BCUT2D eigenvalue weighted by Gasteiger charge is 2.37. The van der Waals surface area contributed by atoms with E-state index in [4.69, 9.17) is 4.42 Å². The highest BCUT2D eigenvalue weighted by atomic mass is 16.3. The van der Waals surface area contributed by atoms with Crippen LogP contribution in [0.4, 0.5) is 5.82 Å². The summed E-state index contributed by atoms with van der Waals surface area (Å²) in [5, 5.41) is 1.19. The number of aromatic nitrogens is 1. The first-order valence-electron chi connectivity index (χ1n) is 9.67. The van der Waals surface area contributed by atoms with E-state index in [9.17, 15) is 0 Å². The Hall–Kier alpha value is -3.27. The molecular formula is C24H22BN2O+. The number of nitrogens with zero attached hydrogens (tertiary/aromatic N) is 2. The number of rotatable bonds is 2. The molecule has 3 nitrogen and oxygen atoms in total. The van der Waals surface area contributed by atoms with Crippen LogP contribution in [0.25, 0.3) is 28.2 Å². The average Bonchev–Trinajstić information content (AvgIpc) is 3.10. The van der Waals surface area contributed by atoms with Gasteiger partial charge in [-0.3, -0.25) is 4.81 Å². The summed E-state index contributed by atoms with van der Waals surface area (Å²) in [5.41, 5.74) is 5.97. The van der Waals surface area contributed by atoms with Gasteiger partial charge in [0, 0.05) is 28.6 Å². The quantitative estimate of drug-likeness (QED) is 0.384. The Balaban J connectivity index is 1.60. The molecule has 28 heavy (non-hydrogen) atoms. The van der Waals surface area contributed by atoms with E-state index in [2.05, 4.69) is 97.2 Å². The Kier molecular flexibility index (Phi) is 3.87. The SMILES string of the molecule is CB1c2c(oc3ccccc23)C=CN1c1cc(C)c(-c2ccccc2)c[n+]1C. The van der Waals surface area contributed by atoms with E-state index in [-0.39, 0.29) is 6.85 Å². The zero-order chi connectivity index (χ0) is 19.3. The van der Waals surface area contributed by atoms with Crippen molar-refractivity contribution in [1.29, 1.82) is 0 Å². The van der Waals surface area contributed by atoms with Crippen molar-refractivity contribution in [2.24, 2.45) is 7.05 Å². The van der Waals surface area contributed by atoms with Crippen LogP contribution in [0.3, 0.4) is 0 Å². The number of para-hydroxylation sites is 1. The number of fused-ring (bicyclic) bond motifs is 3. The Labute approximate surface area is 165 Å². The van der Waals surface area contributed by atoms with Gasteiger partial charge in [-0.1, -0.05) is 48.5 Å². The molecule has 1 aliphatic rings. The summed E-state index contributed by atoms with van der Waals surface area (Å²) in [5.74, 6) is 2.13. The molecule has 1 aliphatic heterocycles. The van der Waals surface area contributed by atoms with Crippen molar-refractivity contribution in [3.8, 4) is 11.1 Å². The summed E-state index contributed by atoms with van der Waals surface area (Å²) < 4.78 is 8.27. The van der Waals surface area contributed by atoms with Gasteiger partial charge < -0.3 is 4.42 Å². The number of pyridine rings is 1. The third-order valence-electron chi connectivity index (χ3n) is 5.69. The molecule has 3 heterocycles. The summed E-state index contributed by atoms with van der Waals surface area (Å²) in [6.07, 6.45) is 6.44. The summed E-state index contributed by atoms with van der Waals surface area (Å²) >= 11 is 0. The predicted octanol–water partition coefficient (Wildman–Crippen LogP) is 4.55. The van der Waals surface area contributed by atoms with E-state index in [1.165, 1.54) is 27.5 Å². The Morgan fingerprint density at radius 1 is 1.00 bits per heavy atom. The number of benzene rings is 2. The lowest BCUT2D eigenvalue weighted by Crippen LogP contribution is -2.50. The van der Waals surface area contributed by atoms with Crippen molar-refractivity contribution >= 4 is 35.2 Å². The fraction of sp³-hybridized carbons (Fsp3) is 0.125. The predicted molar refractivity (Wildman–Crippen MR) is 117 cm³/mol. The second kappa shape index (κ2) is 6.41. The first-order valence-corrected chi connectivity index (χ1v) is 9.67. The van der Waals surface area contributed by atoms with Crippen molar-refractivity contribution in [2.45, 2.75) is 13.7 Å². The molecule has 0 saturated carbocycles. The lowest BCUT2D eigenvalue weighted by atomic mass is 9.54. The van der Waals surface area contributed by atoms with Crippen LogP contribution in [0.1, 0.15) is 11.3 Å². The van der Waals surface area contributed by atoms with Crippen LogP contribution >= 0.6 is 0 Å². The molecule has 0 amide bonds. The van der Waals surface area contributed by atoms with Gasteiger partial charge in [0.25, 0.3) is 5.82 Å². The topological polar surface area (TPSA) is 20.3 Å². The highest BCUT2D eigenvalue weighted by molar-refractivity contribution is 6.79. The molecule has 0 N–H and O–H groups in total. The molecule has 2 aromatic carbocycles. The lowest BCUT2D eigenvalue weighted by Gasteiger charge is -2.23. The van der Waals surface area contributed by atoms with E-state index >= 15 is 0 Å². The third-order valence-corrected chi connectivity index (χ3v) is 5.69. The molecule has 0 spiro atoms. The minimum absolute atomic E-state index is 0.192. The molecule has 0 radical (unpaired) electrons. The average molecular weight is 365 g/mol. The van der Waals surface area contributed by atoms with Crippen molar-refractivity contribution in [2.75, 3.05) is 4.81 Å². The van der Waals surface area contributed by atoms with Gasteiger partial charge in [-0.05, 0) is 30.9 Å². The van der Waals surface area contributed by atoms with Gasteiger partial charge in [0.05, 0.1) is 19.4 Å². The smallest absolute Gasteiger partial charge is 0.413 e. The van der Waals surface area contributed by atoms with Crippen LogP contribution in [0.5, 0.6) is 0 Å². The van der Waals surface area contributed by atoms with Gasteiger partial charge in [0.1, 0.15) is 11.3 Å². The van der Waals surface area contributed by atoms with Gasteiger partial charge in [-0.25, -0.2) is 4.57 Å². The van der Waals surface area contributed by atoms with Gasteiger partial charge in [-0.15, -0.1) is 0 Å². The monoisotopic (exact) mass is 365 g/mol. The maximum Gasteiger partial charge on any atom is 0.413 e. The summed E-state index contributed by atoms with van der Waals surface area (Å²) in [6, 6.07) is 21.1. The first kappa shape index (κ1) is 16.9. The van der Waals surface area contributed by atoms with Crippen LogP contribution in [-0.2, 0) is 7.05 Å². The maximum absolute atomic E-state index is 6.06. The number of hydrogen-bond donors (Lipinski definition) is 0. The fourth-order valence-electron chi connectivity index (χ4n) is 4.24. The van der Waals surface area contributed by atoms with E-state index in [1.807, 2.05) is 12.1 Å². The maximum atomic E-state index is 6.06. The van der Waals surface area contributed by atoms with Crippen molar-refractivity contribution < 1.29 is 8.98 Å². The Morgan fingerprint density at radius 3 is 2.57 bits per heavy atom. The normalized spacial score (nSPS) is 13.2. The summed E-state index contributed by atoms with van der Waals surface area (Å²) in [4.78, 5) is 2.33. The molecule has 136 valence electrons. The van der Waals surface area contributed by atoms with Crippen LogP contribution < -0.4 is 14.8 Å². The number of hydrogen-bond acceptors (Lipinski definition) is 2. The largest absolute Gasteiger partial charge is 0.457 e. The van der Waals surface area contributed by atoms with Crippen LogP contribution in [0.2, 0.25) is 6.82 Å². The van der Waals surface area contributed by atoms with E-state index in [0.717, 1.165) is 17.2 Å². The van der Waals surface area contributed by atoms with Gasteiger partial charge in [-0.2, -0.15) is 0 Å². The molecule has 0 unspecified atom stereocenters. The van der Waals surface area contributed by atoms with Crippen LogP contribution in [-0.4, -0.2) is 6.85 Å². The van der Waals surface area contributed by atoms with Gasteiger partial charge in [0.15, 0.2) is 0 Å². The molecule has 0 saturated heterocycles. The minimum atomic E-state index is 0.192. The van der Waals surface area contributed by atoms with E-state index in [0.29, 0.717) is 0 Å². The molecular weight excluding hydrogens is 343 g/mol. The van der Waals surface area contributed by atoms with Gasteiger partial charge >= 0.3 is 6.85 Å². The molecule has 0 atom stereocenters. The summed E-state index contributed by atoms with van der Waals surface area (Å²) in [7, 11) is 2.12. The Morgan fingerprint density at radius 2 is 1.75 bits per heavy atom. The molecule has 5 rings (SSSR count). The first-order chi connectivity index (χ1) is 13.6. The third kappa shape index (κ3) is 2.56. The molecule has 2 aromatic heterocycles. The highest BCUT2D eigenvalue weighted by Crippen LogP contribution is 2.28. The second-order valence-electron chi connectivity index (χ2n) is 7.48. The molecule has 0 aliphatic carbocycles. The zero-order valence-electron chi connectivity index (χ0n) is 16.4. The van der Waals surface area contributed by atoms with Crippen molar-refractivity contribution in [3.63, 3.8) is 0 Å². The fourth-order valence-corrected chi connectivity index (χ4v) is 4.24. The molecule has 4 heteroatoms. The van der Waals surface area contributed by atoms with E-state index < -0.39 is 0 Å². The number of furan rings is 1. The zero-order valence-corrected chi connectivity index (χ0v) is 16.4. The number of aryl methyl sites for hydroxylation is 2. The number of anilines is 1. The summed E-state index contributed by atoms with van der Waals surface area (Å²) in [6.45, 7) is 4.62. The van der Waals surface area contributed by atoms with E-state index in [1.54, 1.807) is 0 Å². The Bertz CT molecular complexity index is 1210. The van der Waals surface area contributed by atoms with Crippen molar-refractivity contribution in [1.82, 2.24) is 0 Å². The minimum Gasteiger partial charge on any atom is -0.457 e. The van der Waals surface area contributed by atoms with Crippen LogP contribution in [0.15, 0.2) is 77.5 Å². The molecule has 4 aromatic rings. The lowest BCUT2D eigenvalue weighted by molar-refractivity contribution is -0.657.